The van der Waals surface area contributed by atoms with Gasteiger partial charge in [0.1, 0.15) is 12.6 Å². The third-order valence-corrected chi connectivity index (χ3v) is 9.25. The lowest BCUT2D eigenvalue weighted by atomic mass is 10.1. The second-order valence-corrected chi connectivity index (χ2v) is 15.2. The van der Waals surface area contributed by atoms with E-state index in [9.17, 15) is 19.5 Å². The van der Waals surface area contributed by atoms with Crippen LogP contribution in [0.2, 0.25) is 0 Å². The van der Waals surface area contributed by atoms with Crippen molar-refractivity contribution >= 4 is 17.9 Å². The first-order valence-electron chi connectivity index (χ1n) is 21.0. The molecule has 8 nitrogen and oxygen atoms in total. The highest BCUT2D eigenvalue weighted by molar-refractivity contribution is 5.70. The van der Waals surface area contributed by atoms with E-state index >= 15 is 0 Å². The lowest BCUT2D eigenvalue weighted by Crippen LogP contribution is -2.55. The number of nitrogens with zero attached hydrogens (tertiary/aromatic N) is 1. The van der Waals surface area contributed by atoms with E-state index in [0.717, 1.165) is 77.0 Å². The molecular formula is C44H79NO7. The molecule has 0 bridgehead atoms. The normalized spacial score (nSPS) is 13.3. The fourth-order valence-electron chi connectivity index (χ4n) is 5.92. The maximum atomic E-state index is 12.7. The predicted octanol–water partition coefficient (Wildman–Crippen LogP) is 9.74. The molecule has 0 aliphatic rings. The fraction of sp³-hybridized carbons (Fsp3) is 0.795. The monoisotopic (exact) mass is 734 g/mol. The minimum Gasteiger partial charge on any atom is -0.544 e. The summed E-state index contributed by atoms with van der Waals surface area (Å²) in [6.07, 6.45) is 38.7. The second kappa shape index (κ2) is 35.6. The quantitative estimate of drug-likeness (QED) is 0.0271. The summed E-state index contributed by atoms with van der Waals surface area (Å²) in [6, 6.07) is -0.728. The number of carbonyl (C=O) groups excluding carboxylic acids is 3. The van der Waals surface area contributed by atoms with Crippen LogP contribution in [0.5, 0.6) is 0 Å². The van der Waals surface area contributed by atoms with Crippen LogP contribution in [0.15, 0.2) is 36.5 Å². The summed E-state index contributed by atoms with van der Waals surface area (Å²) in [5.74, 6) is -1.77. The van der Waals surface area contributed by atoms with Crippen molar-refractivity contribution in [2.24, 2.45) is 0 Å². The van der Waals surface area contributed by atoms with Crippen LogP contribution in [-0.4, -0.2) is 75.5 Å². The van der Waals surface area contributed by atoms with Crippen molar-refractivity contribution in [1.29, 1.82) is 0 Å². The number of hydrogen-bond donors (Lipinski definition) is 0. The van der Waals surface area contributed by atoms with Crippen LogP contribution in [-0.2, 0) is 28.6 Å². The van der Waals surface area contributed by atoms with Gasteiger partial charge >= 0.3 is 11.9 Å². The molecule has 0 aromatic rings. The van der Waals surface area contributed by atoms with Gasteiger partial charge in [-0.15, -0.1) is 0 Å². The zero-order chi connectivity index (χ0) is 38.5. The van der Waals surface area contributed by atoms with Crippen molar-refractivity contribution in [3.63, 3.8) is 0 Å². The molecule has 52 heavy (non-hydrogen) atoms. The molecule has 0 rings (SSSR count). The Kier molecular flexibility index (Phi) is 33.9. The molecule has 0 radical (unpaired) electrons. The highest BCUT2D eigenvalue weighted by Crippen LogP contribution is 2.13. The van der Waals surface area contributed by atoms with Gasteiger partial charge in [0.2, 0.25) is 0 Å². The van der Waals surface area contributed by atoms with Gasteiger partial charge in [0.25, 0.3) is 0 Å². The molecule has 0 fully saturated rings. The highest BCUT2D eigenvalue weighted by Gasteiger charge is 2.25. The van der Waals surface area contributed by atoms with Gasteiger partial charge in [0.15, 0.2) is 6.10 Å². The van der Waals surface area contributed by atoms with Gasteiger partial charge in [-0.05, 0) is 70.6 Å². The van der Waals surface area contributed by atoms with Gasteiger partial charge in [-0.25, -0.2) is 0 Å². The van der Waals surface area contributed by atoms with Crippen molar-refractivity contribution in [2.45, 2.75) is 187 Å². The smallest absolute Gasteiger partial charge is 0.306 e. The van der Waals surface area contributed by atoms with E-state index in [4.69, 9.17) is 14.2 Å². The van der Waals surface area contributed by atoms with Crippen LogP contribution in [0, 0.1) is 0 Å². The Balaban J connectivity index is 4.41. The molecule has 0 saturated carbocycles. The number of carboxylic acid groups (broad SMARTS) is 1. The van der Waals surface area contributed by atoms with Gasteiger partial charge in [0, 0.05) is 19.3 Å². The van der Waals surface area contributed by atoms with E-state index in [1.165, 1.54) is 64.2 Å². The van der Waals surface area contributed by atoms with E-state index in [-0.39, 0.29) is 42.7 Å². The van der Waals surface area contributed by atoms with Crippen molar-refractivity contribution < 1.29 is 38.2 Å². The Hall–Kier alpha value is -2.45. The number of unbranched alkanes of at least 4 members (excludes halogenated alkanes) is 17. The van der Waals surface area contributed by atoms with Crippen LogP contribution >= 0.6 is 0 Å². The first-order chi connectivity index (χ1) is 25.1. The van der Waals surface area contributed by atoms with Crippen LogP contribution < -0.4 is 5.11 Å². The predicted molar refractivity (Wildman–Crippen MR) is 213 cm³/mol. The molecule has 0 N–H and O–H groups in total. The van der Waals surface area contributed by atoms with Crippen molar-refractivity contribution in [1.82, 2.24) is 0 Å². The molecular weight excluding hydrogens is 654 g/mol. The van der Waals surface area contributed by atoms with Crippen molar-refractivity contribution in [3.8, 4) is 0 Å². The fourth-order valence-corrected chi connectivity index (χ4v) is 5.92. The number of likely N-dealkylation sites (N-methyl/N-ethyl adjacent to an activating group) is 1. The number of aliphatic carboxylic acids is 1. The van der Waals surface area contributed by atoms with E-state index in [0.29, 0.717) is 12.8 Å². The molecule has 0 amide bonds. The standard InChI is InChI=1S/C44H79NO7/c1-6-8-10-12-14-16-18-20-21-22-23-25-27-29-31-33-35-43(47)52-40(38-50-37-36-41(44(48)49)45(3,4)5)39-51-42(46)34-32-30-28-26-24-19-17-15-13-11-9-7-2/h15-18,21-22,40-41H,6-14,19-20,23-39H2,1-5H3/b17-15-,18-16-,22-21-. The topological polar surface area (TPSA) is 102 Å². The summed E-state index contributed by atoms with van der Waals surface area (Å²) in [7, 11) is 5.39. The Bertz CT molecular complexity index is 953. The number of carbonyl (C=O) groups is 3. The molecule has 0 spiro atoms. The molecule has 302 valence electrons. The largest absolute Gasteiger partial charge is 0.544 e. The summed E-state index contributed by atoms with van der Waals surface area (Å²) in [5.41, 5.74) is 0. The van der Waals surface area contributed by atoms with Crippen LogP contribution in [0.1, 0.15) is 174 Å². The Labute approximate surface area is 319 Å². The molecule has 0 aliphatic carbocycles. The minimum absolute atomic E-state index is 0.0330. The van der Waals surface area contributed by atoms with Gasteiger partial charge < -0.3 is 28.6 Å². The van der Waals surface area contributed by atoms with E-state index in [1.54, 1.807) is 21.1 Å². The lowest BCUT2D eigenvalue weighted by Gasteiger charge is -2.34. The lowest BCUT2D eigenvalue weighted by molar-refractivity contribution is -0.889. The van der Waals surface area contributed by atoms with Gasteiger partial charge in [0.05, 0.1) is 40.3 Å². The van der Waals surface area contributed by atoms with E-state index in [2.05, 4.69) is 50.3 Å². The number of hydrogen-bond acceptors (Lipinski definition) is 7. The maximum Gasteiger partial charge on any atom is 0.306 e. The summed E-state index contributed by atoms with van der Waals surface area (Å²) in [5, 5.41) is 11.6. The second-order valence-electron chi connectivity index (χ2n) is 15.2. The van der Waals surface area contributed by atoms with Gasteiger partial charge in [-0.3, -0.25) is 9.59 Å². The molecule has 0 aliphatic heterocycles. The van der Waals surface area contributed by atoms with Gasteiger partial charge in [-0.1, -0.05) is 121 Å². The number of allylic oxidation sites excluding steroid dienone is 6. The Morgan fingerprint density at radius 3 is 1.54 bits per heavy atom. The molecule has 0 heterocycles. The Morgan fingerprint density at radius 1 is 0.577 bits per heavy atom. The van der Waals surface area contributed by atoms with Crippen LogP contribution in [0.3, 0.4) is 0 Å². The molecule has 0 saturated heterocycles. The average Bonchev–Trinajstić information content (AvgIpc) is 3.09. The van der Waals surface area contributed by atoms with E-state index < -0.39 is 18.1 Å². The molecule has 2 atom stereocenters. The Morgan fingerprint density at radius 2 is 1.02 bits per heavy atom. The number of ether oxygens (including phenoxy) is 3. The number of esters is 2. The first-order valence-corrected chi connectivity index (χ1v) is 21.0. The summed E-state index contributed by atoms with van der Waals surface area (Å²) >= 11 is 0. The third kappa shape index (κ3) is 33.4. The van der Waals surface area contributed by atoms with Crippen molar-refractivity contribution in [3.05, 3.63) is 36.5 Å². The summed E-state index contributed by atoms with van der Waals surface area (Å²) in [6.45, 7) is 4.59. The van der Waals surface area contributed by atoms with Gasteiger partial charge in [-0.2, -0.15) is 0 Å². The zero-order valence-corrected chi connectivity index (χ0v) is 34.2. The summed E-state index contributed by atoms with van der Waals surface area (Å²) < 4.78 is 17.1. The average molecular weight is 734 g/mol. The number of quaternary nitrogens is 1. The molecule has 0 aromatic heterocycles. The highest BCUT2D eigenvalue weighted by atomic mass is 16.6. The maximum absolute atomic E-state index is 12.7. The summed E-state index contributed by atoms with van der Waals surface area (Å²) in [4.78, 5) is 36.7. The molecule has 8 heteroatoms. The SMILES string of the molecule is CCCCC/C=C\CCCCCCCC(=O)OCC(COCCC(C(=O)[O-])[N+](C)(C)C)OC(=O)CCCCCCC/C=C\C/C=C\CCCCCC. The zero-order valence-electron chi connectivity index (χ0n) is 34.2. The first kappa shape index (κ1) is 49.6. The molecule has 2 unspecified atom stereocenters. The minimum atomic E-state index is -1.13. The molecule has 0 aromatic carbocycles. The number of carboxylic acids is 1. The van der Waals surface area contributed by atoms with Crippen LogP contribution in [0.25, 0.3) is 0 Å². The van der Waals surface area contributed by atoms with Crippen LogP contribution in [0.4, 0.5) is 0 Å². The van der Waals surface area contributed by atoms with E-state index in [1.807, 2.05) is 0 Å². The number of rotatable bonds is 37. The third-order valence-electron chi connectivity index (χ3n) is 9.25. The van der Waals surface area contributed by atoms with Crippen molar-refractivity contribution in [2.75, 3.05) is 41.0 Å².